The van der Waals surface area contributed by atoms with Gasteiger partial charge in [-0.15, -0.1) is 11.3 Å². The summed E-state index contributed by atoms with van der Waals surface area (Å²) < 4.78 is 10.7. The van der Waals surface area contributed by atoms with E-state index in [1.165, 1.54) is 12.5 Å². The van der Waals surface area contributed by atoms with Gasteiger partial charge in [0.05, 0.1) is 18.1 Å². The number of hydrogen-bond donors (Lipinski definition) is 2. The third-order valence-electron chi connectivity index (χ3n) is 3.01. The molecular weight excluding hydrogens is 332 g/mol. The molecule has 0 aliphatic rings. The molecule has 0 saturated carbocycles. The highest BCUT2D eigenvalue weighted by Crippen LogP contribution is 2.25. The van der Waals surface area contributed by atoms with Crippen molar-refractivity contribution < 1.29 is 23.8 Å². The van der Waals surface area contributed by atoms with Crippen LogP contribution in [0.25, 0.3) is 10.8 Å². The molecule has 2 aromatic rings. The maximum Gasteiger partial charge on any atom is 0.326 e. The molecule has 0 saturated heterocycles. The fourth-order valence-electron chi connectivity index (χ4n) is 1.86. The molecule has 2 rings (SSSR count). The Morgan fingerprint density at radius 3 is 2.79 bits per heavy atom. The van der Waals surface area contributed by atoms with Crippen LogP contribution in [0, 0.1) is 0 Å². The van der Waals surface area contributed by atoms with E-state index >= 15 is 0 Å². The summed E-state index contributed by atoms with van der Waals surface area (Å²) in [5.74, 6) is -1.02. The molecule has 2 N–H and O–H groups in total. The number of aliphatic carboxylic acids is 1. The van der Waals surface area contributed by atoms with Crippen molar-refractivity contribution >= 4 is 23.2 Å². The topological polar surface area (TPSA) is 102 Å². The van der Waals surface area contributed by atoms with Gasteiger partial charge in [0.15, 0.2) is 10.8 Å². The zero-order valence-electron chi connectivity index (χ0n) is 13.7. The van der Waals surface area contributed by atoms with Crippen molar-refractivity contribution in [2.24, 2.45) is 0 Å². The number of hydrogen-bond acceptors (Lipinski definition) is 6. The minimum absolute atomic E-state index is 0.183. The molecule has 0 aliphatic carbocycles. The zero-order chi connectivity index (χ0) is 17.7. The van der Waals surface area contributed by atoms with Crippen LogP contribution < -0.4 is 5.32 Å². The quantitative estimate of drug-likeness (QED) is 0.794. The Bertz CT molecular complexity index is 688. The van der Waals surface area contributed by atoms with Gasteiger partial charge in [-0.2, -0.15) is 0 Å². The Hall–Kier alpha value is -2.19. The number of carboxylic acids is 1. The van der Waals surface area contributed by atoms with Crippen LogP contribution in [0.2, 0.25) is 0 Å². The lowest BCUT2D eigenvalue weighted by Gasteiger charge is -2.21. The zero-order valence-corrected chi connectivity index (χ0v) is 14.6. The van der Waals surface area contributed by atoms with Gasteiger partial charge >= 0.3 is 5.97 Å². The first-order valence-corrected chi connectivity index (χ1v) is 8.25. The summed E-state index contributed by atoms with van der Waals surface area (Å²) in [7, 11) is 0. The lowest BCUT2D eigenvalue weighted by Crippen LogP contribution is -2.41. The molecule has 2 heterocycles. The molecule has 0 radical (unpaired) electrons. The number of thiazole rings is 1. The molecule has 1 atom stereocenters. The van der Waals surface area contributed by atoms with E-state index in [0.717, 1.165) is 11.3 Å². The van der Waals surface area contributed by atoms with Gasteiger partial charge in [0.1, 0.15) is 10.9 Å². The summed E-state index contributed by atoms with van der Waals surface area (Å²) in [5, 5.41) is 12.3. The largest absolute Gasteiger partial charge is 0.480 e. The van der Waals surface area contributed by atoms with Gasteiger partial charge in [-0.1, -0.05) is 0 Å². The Labute approximate surface area is 143 Å². The number of furan rings is 1. The van der Waals surface area contributed by atoms with Crippen LogP contribution in [0.4, 0.5) is 0 Å². The first-order chi connectivity index (χ1) is 11.3. The summed E-state index contributed by atoms with van der Waals surface area (Å²) in [5.41, 5.74) is -0.358. The number of carboxylic acid groups (broad SMARTS) is 1. The molecule has 0 spiro atoms. The third kappa shape index (κ3) is 5.17. The highest BCUT2D eigenvalue weighted by molar-refractivity contribution is 7.16. The van der Waals surface area contributed by atoms with Gasteiger partial charge in [0.25, 0.3) is 5.91 Å². The average molecular weight is 352 g/mol. The Kier molecular flexibility index (Phi) is 5.74. The maximum atomic E-state index is 12.2. The first-order valence-electron chi connectivity index (χ1n) is 7.43. The first kappa shape index (κ1) is 18.2. The third-order valence-corrected chi connectivity index (χ3v) is 4.02. The van der Waals surface area contributed by atoms with Crippen molar-refractivity contribution in [3.05, 3.63) is 29.5 Å². The van der Waals surface area contributed by atoms with E-state index in [1.54, 1.807) is 12.1 Å². The van der Waals surface area contributed by atoms with E-state index in [0.29, 0.717) is 15.6 Å². The number of rotatable bonds is 7. The van der Waals surface area contributed by atoms with E-state index in [4.69, 9.17) is 9.15 Å². The second-order valence-electron chi connectivity index (χ2n) is 6.12. The number of nitrogens with zero attached hydrogens (tertiary/aromatic N) is 1. The highest BCUT2D eigenvalue weighted by atomic mass is 32.1. The molecule has 130 valence electrons. The molecule has 0 fully saturated rings. The van der Waals surface area contributed by atoms with Crippen LogP contribution in [0.3, 0.4) is 0 Å². The molecule has 2 aromatic heterocycles. The summed E-state index contributed by atoms with van der Waals surface area (Å²) in [6.45, 7) is 5.89. The van der Waals surface area contributed by atoms with Crippen LogP contribution >= 0.6 is 11.3 Å². The van der Waals surface area contributed by atoms with Crippen molar-refractivity contribution in [3.63, 3.8) is 0 Å². The van der Waals surface area contributed by atoms with E-state index in [9.17, 15) is 14.7 Å². The number of nitrogens with one attached hydrogen (secondary N) is 1. The smallest absolute Gasteiger partial charge is 0.326 e. The molecule has 0 aliphatic heterocycles. The van der Waals surface area contributed by atoms with Crippen LogP contribution in [0.1, 0.15) is 36.9 Å². The summed E-state index contributed by atoms with van der Waals surface area (Å²) in [4.78, 5) is 28.0. The van der Waals surface area contributed by atoms with Crippen molar-refractivity contribution in [1.82, 2.24) is 10.3 Å². The monoisotopic (exact) mass is 352 g/mol. The van der Waals surface area contributed by atoms with Gasteiger partial charge in [0, 0.05) is 13.0 Å². The lowest BCUT2D eigenvalue weighted by atomic mass is 10.1. The van der Waals surface area contributed by atoms with Crippen LogP contribution in [0.15, 0.2) is 29.0 Å². The predicted molar refractivity (Wildman–Crippen MR) is 89.0 cm³/mol. The van der Waals surface area contributed by atoms with E-state index in [2.05, 4.69) is 10.3 Å². The van der Waals surface area contributed by atoms with E-state index < -0.39 is 17.9 Å². The molecule has 7 nitrogen and oxygen atoms in total. The van der Waals surface area contributed by atoms with Crippen molar-refractivity contribution in [2.45, 2.75) is 38.8 Å². The van der Waals surface area contributed by atoms with Gasteiger partial charge in [-0.05, 0) is 32.9 Å². The van der Waals surface area contributed by atoms with Crippen molar-refractivity contribution in [3.8, 4) is 10.8 Å². The highest BCUT2D eigenvalue weighted by Gasteiger charge is 2.23. The van der Waals surface area contributed by atoms with Gasteiger partial charge < -0.3 is 19.6 Å². The average Bonchev–Trinajstić information content (AvgIpc) is 3.15. The van der Waals surface area contributed by atoms with Crippen molar-refractivity contribution in [1.29, 1.82) is 0 Å². The summed E-state index contributed by atoms with van der Waals surface area (Å²) in [6, 6.07) is 2.45. The summed E-state index contributed by atoms with van der Waals surface area (Å²) in [6.07, 6.45) is 3.11. The SMILES string of the molecule is CC(C)(C)OCCC(NC(=O)c1cnc(-c2ccco2)s1)C(=O)O. The van der Waals surface area contributed by atoms with Crippen molar-refractivity contribution in [2.75, 3.05) is 6.61 Å². The Morgan fingerprint density at radius 1 is 1.46 bits per heavy atom. The Morgan fingerprint density at radius 2 is 2.21 bits per heavy atom. The van der Waals surface area contributed by atoms with Gasteiger partial charge in [0.2, 0.25) is 0 Å². The normalized spacial score (nSPS) is 12.8. The molecular formula is C16H20N2O5S. The van der Waals surface area contributed by atoms with Crippen LogP contribution in [0.5, 0.6) is 0 Å². The number of amides is 1. The van der Waals surface area contributed by atoms with E-state index in [1.807, 2.05) is 20.8 Å². The van der Waals surface area contributed by atoms with Gasteiger partial charge in [-0.25, -0.2) is 9.78 Å². The molecule has 8 heteroatoms. The summed E-state index contributed by atoms with van der Waals surface area (Å²) >= 11 is 1.14. The second-order valence-corrected chi connectivity index (χ2v) is 7.15. The van der Waals surface area contributed by atoms with Crippen LogP contribution in [-0.2, 0) is 9.53 Å². The molecule has 0 bridgehead atoms. The molecule has 24 heavy (non-hydrogen) atoms. The standard InChI is InChI=1S/C16H20N2O5S/c1-16(2,3)23-8-6-10(15(20)21)18-13(19)12-9-17-14(24-12)11-5-4-7-22-11/h4-5,7,9-10H,6,8H2,1-3H3,(H,18,19)(H,20,21). The van der Waals surface area contributed by atoms with E-state index in [-0.39, 0.29) is 18.6 Å². The lowest BCUT2D eigenvalue weighted by molar-refractivity contribution is -0.140. The molecule has 0 aromatic carbocycles. The molecule has 1 amide bonds. The minimum Gasteiger partial charge on any atom is -0.480 e. The fourth-order valence-corrected chi connectivity index (χ4v) is 2.65. The van der Waals surface area contributed by atoms with Gasteiger partial charge in [-0.3, -0.25) is 4.79 Å². The second kappa shape index (κ2) is 7.59. The fraction of sp³-hybridized carbons (Fsp3) is 0.438. The minimum atomic E-state index is -1.10. The number of aromatic nitrogens is 1. The number of carbonyl (C=O) groups is 2. The molecule has 1 unspecified atom stereocenters. The Balaban J connectivity index is 1.96. The maximum absolute atomic E-state index is 12.2. The predicted octanol–water partition coefficient (Wildman–Crippen LogP) is 2.79. The number of carbonyl (C=O) groups excluding carboxylic acids is 1. The van der Waals surface area contributed by atoms with Crippen LogP contribution in [-0.4, -0.2) is 40.2 Å². The number of ether oxygens (including phenoxy) is 1.